The minimum atomic E-state index is -0.164. The van der Waals surface area contributed by atoms with Gasteiger partial charge in [0.1, 0.15) is 19.0 Å². The monoisotopic (exact) mass is 433 g/mol. The van der Waals surface area contributed by atoms with Crippen LogP contribution in [-0.2, 0) is 25.7 Å². The van der Waals surface area contributed by atoms with Gasteiger partial charge in [-0.25, -0.2) is 0 Å². The van der Waals surface area contributed by atoms with E-state index in [1.165, 1.54) is 6.42 Å². The van der Waals surface area contributed by atoms with Gasteiger partial charge in [0.05, 0.1) is 12.1 Å². The number of esters is 1. The minimum Gasteiger partial charge on any atom is -0.487 e. The molecule has 0 radical (unpaired) electrons. The lowest BCUT2D eigenvalue weighted by molar-refractivity contribution is -0.144. The molecule has 1 fully saturated rings. The van der Waals surface area contributed by atoms with E-state index in [1.54, 1.807) is 0 Å². The lowest BCUT2D eigenvalue weighted by Crippen LogP contribution is -2.35. The number of rotatable bonds is 6. The first-order valence-electron chi connectivity index (χ1n) is 11.2. The van der Waals surface area contributed by atoms with Gasteiger partial charge in [-0.05, 0) is 50.2 Å². The predicted octanol–water partition coefficient (Wildman–Crippen LogP) is 3.48. The Morgan fingerprint density at radius 1 is 1.09 bits per heavy atom. The zero-order valence-corrected chi connectivity index (χ0v) is 18.0. The Labute approximate surface area is 187 Å². The summed E-state index contributed by atoms with van der Waals surface area (Å²) in [5.74, 6) is 0.325. The Morgan fingerprint density at radius 2 is 1.94 bits per heavy atom. The molecule has 1 saturated heterocycles. The normalized spacial score (nSPS) is 19.7. The molecule has 3 aliphatic heterocycles. The zero-order valence-electron chi connectivity index (χ0n) is 18.0. The van der Waals surface area contributed by atoms with E-state index >= 15 is 0 Å². The van der Waals surface area contributed by atoms with E-state index in [-0.39, 0.29) is 11.9 Å². The highest BCUT2D eigenvalue weighted by atomic mass is 16.5. The smallest absolute Gasteiger partial charge is 0.320 e. The first-order valence-corrected chi connectivity index (χ1v) is 11.2. The molecule has 5 rings (SSSR count). The third-order valence-corrected chi connectivity index (χ3v) is 6.12. The lowest BCUT2D eigenvalue weighted by Gasteiger charge is -2.25. The Kier molecular flexibility index (Phi) is 5.81. The van der Waals surface area contributed by atoms with E-state index in [2.05, 4.69) is 15.5 Å². The maximum Gasteiger partial charge on any atom is 0.320 e. The summed E-state index contributed by atoms with van der Waals surface area (Å²) in [5, 5.41) is 6.20. The van der Waals surface area contributed by atoms with Crippen LogP contribution in [0, 0.1) is 0 Å². The van der Waals surface area contributed by atoms with Crippen molar-refractivity contribution in [3.05, 3.63) is 59.2 Å². The largest absolute Gasteiger partial charge is 0.487 e. The van der Waals surface area contributed by atoms with Gasteiger partial charge in [-0.1, -0.05) is 24.6 Å². The summed E-state index contributed by atoms with van der Waals surface area (Å²) in [6, 6.07) is 13.6. The number of benzene rings is 2. The van der Waals surface area contributed by atoms with Gasteiger partial charge in [-0.2, -0.15) is 0 Å². The fourth-order valence-corrected chi connectivity index (χ4v) is 4.53. The van der Waals surface area contributed by atoms with Crippen molar-refractivity contribution in [3.63, 3.8) is 0 Å². The van der Waals surface area contributed by atoms with Crippen LogP contribution in [0.2, 0.25) is 0 Å². The predicted molar refractivity (Wildman–Crippen MR) is 123 cm³/mol. The minimum absolute atomic E-state index is 0.136. The maximum absolute atomic E-state index is 12.5. The van der Waals surface area contributed by atoms with E-state index < -0.39 is 0 Å². The van der Waals surface area contributed by atoms with Crippen molar-refractivity contribution < 1.29 is 19.1 Å². The number of hydrogen-bond donors (Lipinski definition) is 2. The molecule has 0 aromatic heterocycles. The summed E-state index contributed by atoms with van der Waals surface area (Å²) in [7, 11) is 0. The number of carbonyl (C=O) groups excluding carboxylic acids is 2. The third kappa shape index (κ3) is 4.21. The molecule has 0 unspecified atom stereocenters. The molecule has 7 heteroatoms. The number of piperidine rings is 1. The van der Waals surface area contributed by atoms with Crippen LogP contribution in [0.3, 0.4) is 0 Å². The SMILES string of the molecule is O=C(CN1CCCCC1)OCCNc1ccc2c(c1)CO/C2=C1/C(=O)Nc2ccccc21. The number of ether oxygens (including phenoxy) is 2. The van der Waals surface area contributed by atoms with E-state index in [0.717, 1.165) is 54.0 Å². The van der Waals surface area contributed by atoms with E-state index in [9.17, 15) is 9.59 Å². The fourth-order valence-electron chi connectivity index (χ4n) is 4.53. The van der Waals surface area contributed by atoms with Crippen LogP contribution < -0.4 is 10.6 Å². The molecule has 0 aliphatic carbocycles. The summed E-state index contributed by atoms with van der Waals surface area (Å²) in [6.07, 6.45) is 3.57. The summed E-state index contributed by atoms with van der Waals surface area (Å²) < 4.78 is 11.3. The van der Waals surface area contributed by atoms with Gasteiger partial charge in [0, 0.05) is 34.6 Å². The summed E-state index contributed by atoms with van der Waals surface area (Å²) in [5.41, 5.74) is 5.16. The first kappa shape index (κ1) is 20.6. The maximum atomic E-state index is 12.5. The van der Waals surface area contributed by atoms with E-state index in [0.29, 0.717) is 37.6 Å². The number of amides is 1. The number of nitrogens with zero attached hydrogens (tertiary/aromatic N) is 1. The molecule has 3 aliphatic rings. The molecular weight excluding hydrogens is 406 g/mol. The van der Waals surface area contributed by atoms with Crippen molar-refractivity contribution in [2.45, 2.75) is 25.9 Å². The highest BCUT2D eigenvalue weighted by Crippen LogP contribution is 2.41. The van der Waals surface area contributed by atoms with Crippen molar-refractivity contribution in [1.29, 1.82) is 0 Å². The summed E-state index contributed by atoms with van der Waals surface area (Å²) >= 11 is 0. The molecule has 7 nitrogen and oxygen atoms in total. The topological polar surface area (TPSA) is 79.9 Å². The second kappa shape index (κ2) is 9.04. The van der Waals surface area contributed by atoms with Gasteiger partial charge in [0.2, 0.25) is 0 Å². The number of para-hydroxylation sites is 1. The van der Waals surface area contributed by atoms with Gasteiger partial charge in [-0.15, -0.1) is 0 Å². The Bertz CT molecular complexity index is 1070. The molecule has 166 valence electrons. The van der Waals surface area contributed by atoms with Crippen LogP contribution in [0.5, 0.6) is 0 Å². The molecule has 0 saturated carbocycles. The fraction of sp³-hybridized carbons (Fsp3) is 0.360. The second-order valence-electron chi connectivity index (χ2n) is 8.35. The highest BCUT2D eigenvalue weighted by Gasteiger charge is 2.32. The van der Waals surface area contributed by atoms with Crippen molar-refractivity contribution >= 4 is 34.6 Å². The van der Waals surface area contributed by atoms with Gasteiger partial charge in [-0.3, -0.25) is 14.5 Å². The van der Waals surface area contributed by atoms with Crippen LogP contribution in [0.4, 0.5) is 11.4 Å². The Balaban J connectivity index is 1.19. The molecule has 2 aromatic carbocycles. The number of likely N-dealkylation sites (tertiary alicyclic amines) is 1. The second-order valence-corrected chi connectivity index (χ2v) is 8.35. The quantitative estimate of drug-likeness (QED) is 0.413. The molecule has 2 aromatic rings. The number of fused-ring (bicyclic) bond motifs is 2. The highest BCUT2D eigenvalue weighted by molar-refractivity contribution is 6.36. The van der Waals surface area contributed by atoms with Crippen LogP contribution in [0.1, 0.15) is 36.0 Å². The summed E-state index contributed by atoms with van der Waals surface area (Å²) in [6.45, 7) is 3.63. The molecule has 0 spiro atoms. The van der Waals surface area contributed by atoms with Crippen molar-refractivity contribution in [1.82, 2.24) is 4.90 Å². The first-order chi connectivity index (χ1) is 15.7. The Hall–Kier alpha value is -3.32. The van der Waals surface area contributed by atoms with Crippen molar-refractivity contribution in [2.75, 3.05) is 43.4 Å². The van der Waals surface area contributed by atoms with Crippen LogP contribution in [0.25, 0.3) is 11.3 Å². The van der Waals surface area contributed by atoms with Crippen LogP contribution in [0.15, 0.2) is 42.5 Å². The van der Waals surface area contributed by atoms with Gasteiger partial charge < -0.3 is 20.1 Å². The molecule has 32 heavy (non-hydrogen) atoms. The lowest BCUT2D eigenvalue weighted by atomic mass is 10.0. The standard InChI is InChI=1S/C25H27N3O4/c29-22(15-28-11-4-1-5-12-28)31-13-10-26-18-8-9-19-17(14-18)16-32-24(19)23-20-6-2-3-7-21(20)27-25(23)30/h2-3,6-9,14,26H,1,4-5,10-13,15-16H2,(H,27,30)/b24-23+. The third-order valence-electron chi connectivity index (χ3n) is 6.12. The van der Waals surface area contributed by atoms with Gasteiger partial charge >= 0.3 is 5.97 Å². The van der Waals surface area contributed by atoms with Crippen LogP contribution in [-0.4, -0.2) is 49.6 Å². The average molecular weight is 434 g/mol. The number of nitrogens with one attached hydrogen (secondary N) is 2. The van der Waals surface area contributed by atoms with Crippen LogP contribution >= 0.6 is 0 Å². The zero-order chi connectivity index (χ0) is 21.9. The number of carbonyl (C=O) groups is 2. The van der Waals surface area contributed by atoms with Crippen molar-refractivity contribution in [2.24, 2.45) is 0 Å². The molecular formula is C25H27N3O4. The molecule has 1 amide bonds. The number of anilines is 2. The van der Waals surface area contributed by atoms with Gasteiger partial charge in [0.15, 0.2) is 0 Å². The Morgan fingerprint density at radius 3 is 2.81 bits per heavy atom. The van der Waals surface area contributed by atoms with Crippen molar-refractivity contribution in [3.8, 4) is 0 Å². The molecule has 2 N–H and O–H groups in total. The average Bonchev–Trinajstić information content (AvgIpc) is 3.36. The molecule has 0 bridgehead atoms. The van der Waals surface area contributed by atoms with E-state index in [4.69, 9.17) is 9.47 Å². The van der Waals surface area contributed by atoms with Gasteiger partial charge in [0.25, 0.3) is 5.91 Å². The molecule has 3 heterocycles. The molecule has 0 atom stereocenters. The number of hydrogen-bond acceptors (Lipinski definition) is 6. The van der Waals surface area contributed by atoms with E-state index in [1.807, 2.05) is 42.5 Å². The summed E-state index contributed by atoms with van der Waals surface area (Å²) in [4.78, 5) is 26.7.